The molecule has 1 aromatic heterocycles. The van der Waals surface area contributed by atoms with Crippen molar-refractivity contribution in [2.75, 3.05) is 18.1 Å². The zero-order valence-electron chi connectivity index (χ0n) is 19.0. The van der Waals surface area contributed by atoms with E-state index in [1.165, 1.54) is 4.90 Å². The van der Waals surface area contributed by atoms with Crippen LogP contribution in [0.3, 0.4) is 0 Å². The molecule has 4 rings (SSSR count). The van der Waals surface area contributed by atoms with E-state index in [1.54, 1.807) is 18.3 Å². The number of fused-ring (bicyclic) bond motifs is 1. The fourth-order valence-electron chi connectivity index (χ4n) is 3.74. The van der Waals surface area contributed by atoms with Crippen molar-refractivity contribution < 1.29 is 19.1 Å². The summed E-state index contributed by atoms with van der Waals surface area (Å²) in [4.78, 5) is 31.5. The summed E-state index contributed by atoms with van der Waals surface area (Å²) in [6.07, 6.45) is 3.45. The first kappa shape index (κ1) is 23.0. The number of esters is 1. The van der Waals surface area contributed by atoms with Gasteiger partial charge < -0.3 is 9.47 Å². The summed E-state index contributed by atoms with van der Waals surface area (Å²) in [6, 6.07) is 15.6. The van der Waals surface area contributed by atoms with Crippen LogP contribution in [0.25, 0.3) is 21.8 Å². The number of unbranched alkanes of at least 4 members (excludes halogenated alkanes) is 3. The fourth-order valence-corrected chi connectivity index (χ4v) is 4.57. The second-order valence-electron chi connectivity index (χ2n) is 8.05. The number of ether oxygens (including phenoxy) is 2. The Balaban J connectivity index is 1.53. The van der Waals surface area contributed by atoms with E-state index in [4.69, 9.17) is 14.5 Å². The zero-order chi connectivity index (χ0) is 23.2. The second-order valence-corrected chi connectivity index (χ2v) is 8.91. The third-order valence-corrected chi connectivity index (χ3v) is 6.43. The van der Waals surface area contributed by atoms with Crippen LogP contribution in [0.1, 0.15) is 39.5 Å². The van der Waals surface area contributed by atoms with Crippen molar-refractivity contribution in [1.82, 2.24) is 4.98 Å². The summed E-state index contributed by atoms with van der Waals surface area (Å²) in [6.45, 7) is 4.07. The summed E-state index contributed by atoms with van der Waals surface area (Å²) in [5, 5.41) is 2.92. The number of hydrogen-bond acceptors (Lipinski definition) is 6. The predicted molar refractivity (Wildman–Crippen MR) is 131 cm³/mol. The average molecular weight is 465 g/mol. The first-order valence-electron chi connectivity index (χ1n) is 11.4. The molecule has 6 nitrogen and oxygen atoms in total. The van der Waals surface area contributed by atoms with Crippen LogP contribution < -0.4 is 9.64 Å². The first-order chi connectivity index (χ1) is 16.1. The third kappa shape index (κ3) is 5.42. The highest BCUT2D eigenvalue weighted by atomic mass is 32.1. The Labute approximate surface area is 198 Å². The van der Waals surface area contributed by atoms with Gasteiger partial charge in [-0.2, -0.15) is 0 Å². The van der Waals surface area contributed by atoms with E-state index < -0.39 is 12.1 Å². The summed E-state index contributed by atoms with van der Waals surface area (Å²) in [7, 11) is 0. The molecule has 2 heterocycles. The van der Waals surface area contributed by atoms with Crippen molar-refractivity contribution in [2.24, 2.45) is 0 Å². The Hall–Kier alpha value is -3.19. The van der Waals surface area contributed by atoms with Gasteiger partial charge in [0.1, 0.15) is 17.3 Å². The first-order valence-corrected chi connectivity index (χ1v) is 12.2. The molecule has 1 amide bonds. The van der Waals surface area contributed by atoms with Crippen LogP contribution in [-0.2, 0) is 14.3 Å². The van der Waals surface area contributed by atoms with Gasteiger partial charge in [-0.3, -0.25) is 14.5 Å². The summed E-state index contributed by atoms with van der Waals surface area (Å²) in [5.41, 5.74) is 3.29. The number of carbonyl (C=O) groups excluding carboxylic acids is 2. The number of amides is 1. The average Bonchev–Trinajstić information content (AvgIpc) is 3.33. The molecular weight excluding hydrogens is 436 g/mol. The van der Waals surface area contributed by atoms with Gasteiger partial charge in [0.15, 0.2) is 6.10 Å². The Morgan fingerprint density at radius 3 is 2.73 bits per heavy atom. The molecule has 1 aliphatic rings. The van der Waals surface area contributed by atoms with Gasteiger partial charge in [-0.05, 0) is 31.5 Å². The lowest BCUT2D eigenvalue weighted by Gasteiger charge is -2.32. The molecule has 0 spiro atoms. The van der Waals surface area contributed by atoms with E-state index in [1.807, 2.05) is 53.9 Å². The number of rotatable bonds is 9. The molecular formula is C26H28N2O4S. The molecule has 0 saturated carbocycles. The standard InChI is InChI=1S/C26H28N2O4S/c1-3-4-5-9-14-31-24(29)16-28-22-15-20(12-13-23(22)32-18(2)26(28)30)21-17-33-25(27-21)19-10-7-6-8-11-19/h6-8,10-13,15,17-18H,3-5,9,14,16H2,1-2H3. The monoisotopic (exact) mass is 464 g/mol. The van der Waals surface area contributed by atoms with Crippen LogP contribution in [0.15, 0.2) is 53.9 Å². The van der Waals surface area contributed by atoms with Crippen LogP contribution >= 0.6 is 11.3 Å². The molecule has 0 radical (unpaired) electrons. The Kier molecular flexibility index (Phi) is 7.40. The van der Waals surface area contributed by atoms with Crippen molar-refractivity contribution in [2.45, 2.75) is 45.6 Å². The van der Waals surface area contributed by atoms with Crippen molar-refractivity contribution in [3.05, 3.63) is 53.9 Å². The van der Waals surface area contributed by atoms with Crippen LogP contribution in [-0.4, -0.2) is 36.1 Å². The van der Waals surface area contributed by atoms with Crippen molar-refractivity contribution in [3.8, 4) is 27.6 Å². The Morgan fingerprint density at radius 1 is 1.12 bits per heavy atom. The molecule has 0 aliphatic carbocycles. The summed E-state index contributed by atoms with van der Waals surface area (Å²) in [5.74, 6) is -0.101. The fraction of sp³-hybridized carbons (Fsp3) is 0.346. The van der Waals surface area contributed by atoms with E-state index in [-0.39, 0.29) is 12.5 Å². The molecule has 3 aromatic rings. The van der Waals surface area contributed by atoms with E-state index in [0.29, 0.717) is 18.0 Å². The summed E-state index contributed by atoms with van der Waals surface area (Å²) >= 11 is 1.56. The molecule has 2 aromatic carbocycles. The van der Waals surface area contributed by atoms with Gasteiger partial charge in [-0.1, -0.05) is 56.5 Å². The molecule has 1 atom stereocenters. The highest BCUT2D eigenvalue weighted by Crippen LogP contribution is 2.38. The normalized spacial score (nSPS) is 15.2. The number of anilines is 1. The third-order valence-electron chi connectivity index (χ3n) is 5.54. The van der Waals surface area contributed by atoms with E-state index >= 15 is 0 Å². The smallest absolute Gasteiger partial charge is 0.326 e. The second kappa shape index (κ2) is 10.6. The van der Waals surface area contributed by atoms with Gasteiger partial charge in [-0.25, -0.2) is 4.98 Å². The minimum absolute atomic E-state index is 0.136. The molecule has 33 heavy (non-hydrogen) atoms. The van der Waals surface area contributed by atoms with E-state index in [2.05, 4.69) is 6.92 Å². The molecule has 0 N–H and O–H groups in total. The molecule has 172 valence electrons. The van der Waals surface area contributed by atoms with Gasteiger partial charge in [0.05, 0.1) is 18.0 Å². The lowest BCUT2D eigenvalue weighted by molar-refractivity contribution is -0.143. The lowest BCUT2D eigenvalue weighted by Crippen LogP contribution is -2.47. The molecule has 7 heteroatoms. The highest BCUT2D eigenvalue weighted by molar-refractivity contribution is 7.13. The van der Waals surface area contributed by atoms with Gasteiger partial charge >= 0.3 is 5.97 Å². The number of thiazole rings is 1. The Bertz CT molecular complexity index is 1110. The van der Waals surface area contributed by atoms with Gasteiger partial charge in [0.2, 0.25) is 0 Å². The number of benzene rings is 2. The number of hydrogen-bond donors (Lipinski definition) is 0. The maximum atomic E-state index is 12.9. The minimum atomic E-state index is -0.662. The number of aromatic nitrogens is 1. The maximum absolute atomic E-state index is 12.9. The molecule has 1 aliphatic heterocycles. The quantitative estimate of drug-likeness (QED) is 0.299. The van der Waals surface area contributed by atoms with E-state index in [9.17, 15) is 9.59 Å². The predicted octanol–water partition coefficient (Wildman–Crippen LogP) is 5.71. The van der Waals surface area contributed by atoms with Crippen molar-refractivity contribution >= 4 is 28.9 Å². The van der Waals surface area contributed by atoms with Crippen LogP contribution in [0.2, 0.25) is 0 Å². The Morgan fingerprint density at radius 2 is 1.94 bits per heavy atom. The minimum Gasteiger partial charge on any atom is -0.479 e. The largest absolute Gasteiger partial charge is 0.479 e. The van der Waals surface area contributed by atoms with Gasteiger partial charge in [0, 0.05) is 16.5 Å². The van der Waals surface area contributed by atoms with Crippen LogP contribution in [0, 0.1) is 0 Å². The van der Waals surface area contributed by atoms with Gasteiger partial charge in [-0.15, -0.1) is 11.3 Å². The molecule has 0 bridgehead atoms. The summed E-state index contributed by atoms with van der Waals surface area (Å²) < 4.78 is 11.2. The van der Waals surface area contributed by atoms with Crippen molar-refractivity contribution in [3.63, 3.8) is 0 Å². The molecule has 1 unspecified atom stereocenters. The molecule has 0 saturated heterocycles. The number of nitrogens with zero attached hydrogens (tertiary/aromatic N) is 2. The SMILES string of the molecule is CCCCCCOC(=O)CN1C(=O)C(C)Oc2ccc(-c3csc(-c4ccccc4)n3)cc21. The topological polar surface area (TPSA) is 68.7 Å². The lowest BCUT2D eigenvalue weighted by atomic mass is 10.1. The van der Waals surface area contributed by atoms with Gasteiger partial charge in [0.25, 0.3) is 5.91 Å². The maximum Gasteiger partial charge on any atom is 0.326 e. The van der Waals surface area contributed by atoms with Crippen molar-refractivity contribution in [1.29, 1.82) is 0 Å². The van der Waals surface area contributed by atoms with E-state index in [0.717, 1.165) is 47.5 Å². The molecule has 0 fully saturated rings. The highest BCUT2D eigenvalue weighted by Gasteiger charge is 2.33. The van der Waals surface area contributed by atoms with Crippen LogP contribution in [0.5, 0.6) is 5.75 Å². The zero-order valence-corrected chi connectivity index (χ0v) is 19.8. The number of carbonyl (C=O) groups is 2. The van der Waals surface area contributed by atoms with Crippen LogP contribution in [0.4, 0.5) is 5.69 Å².